The quantitative estimate of drug-likeness (QED) is 0.720. The van der Waals surface area contributed by atoms with E-state index in [2.05, 4.69) is 27.9 Å². The number of piperidine rings is 1. The number of aryl methyl sites for hydroxylation is 1. The summed E-state index contributed by atoms with van der Waals surface area (Å²) in [5, 5.41) is 8.89. The number of anilines is 1. The molecule has 0 saturated carbocycles. The van der Waals surface area contributed by atoms with Crippen molar-refractivity contribution in [1.82, 2.24) is 9.97 Å². The molecular formula is C12H16N4. The van der Waals surface area contributed by atoms with Crippen LogP contribution in [-0.4, -0.2) is 22.6 Å². The van der Waals surface area contributed by atoms with Crippen molar-refractivity contribution in [3.63, 3.8) is 0 Å². The molecule has 0 radical (unpaired) electrons. The third-order valence-electron chi connectivity index (χ3n) is 3.02. The molecule has 0 N–H and O–H groups in total. The molecule has 1 aliphatic rings. The van der Waals surface area contributed by atoms with E-state index in [1.165, 1.54) is 19.3 Å². The summed E-state index contributed by atoms with van der Waals surface area (Å²) in [6, 6.07) is 4.28. The summed E-state index contributed by atoms with van der Waals surface area (Å²) in [7, 11) is 0. The van der Waals surface area contributed by atoms with Gasteiger partial charge in [0.1, 0.15) is 11.8 Å². The number of aromatic nitrogens is 2. The monoisotopic (exact) mass is 216 g/mol. The molecule has 1 aromatic heterocycles. The van der Waals surface area contributed by atoms with Crippen molar-refractivity contribution < 1.29 is 0 Å². The van der Waals surface area contributed by atoms with Crippen molar-refractivity contribution >= 4 is 5.95 Å². The highest BCUT2D eigenvalue weighted by Gasteiger charge is 2.21. The molecule has 1 atom stereocenters. The molecule has 2 heterocycles. The van der Waals surface area contributed by atoms with E-state index < -0.39 is 0 Å². The summed E-state index contributed by atoms with van der Waals surface area (Å²) in [6.45, 7) is 5.09. The maximum atomic E-state index is 8.89. The van der Waals surface area contributed by atoms with Crippen molar-refractivity contribution in [2.24, 2.45) is 0 Å². The Morgan fingerprint density at radius 2 is 2.25 bits per heavy atom. The van der Waals surface area contributed by atoms with Gasteiger partial charge in [-0.3, -0.25) is 0 Å². The number of hydrogen-bond donors (Lipinski definition) is 0. The summed E-state index contributed by atoms with van der Waals surface area (Å²) in [5.41, 5.74) is 1.32. The maximum Gasteiger partial charge on any atom is 0.227 e. The largest absolute Gasteiger partial charge is 0.338 e. The molecule has 0 aromatic carbocycles. The van der Waals surface area contributed by atoms with Gasteiger partial charge in [-0.15, -0.1) is 0 Å². The number of rotatable bonds is 1. The van der Waals surface area contributed by atoms with Crippen molar-refractivity contribution in [1.29, 1.82) is 5.26 Å². The maximum absolute atomic E-state index is 8.89. The standard InChI is InChI=1S/C12H16N4/c1-9-7-11(8-13)15-12(14-9)16-6-4-3-5-10(16)2/h7,10H,3-6H2,1-2H3. The highest BCUT2D eigenvalue weighted by atomic mass is 15.3. The molecule has 1 unspecified atom stereocenters. The van der Waals surface area contributed by atoms with Crippen molar-refractivity contribution in [2.45, 2.75) is 39.2 Å². The van der Waals surface area contributed by atoms with Crippen LogP contribution in [0, 0.1) is 18.3 Å². The van der Waals surface area contributed by atoms with Gasteiger partial charge in [-0.1, -0.05) is 0 Å². The third-order valence-corrected chi connectivity index (χ3v) is 3.02. The Morgan fingerprint density at radius 3 is 2.94 bits per heavy atom. The topological polar surface area (TPSA) is 52.8 Å². The van der Waals surface area contributed by atoms with E-state index in [9.17, 15) is 0 Å². The van der Waals surface area contributed by atoms with Crippen LogP contribution in [0.2, 0.25) is 0 Å². The molecule has 1 saturated heterocycles. The SMILES string of the molecule is Cc1cc(C#N)nc(N2CCCCC2C)n1. The van der Waals surface area contributed by atoms with Crippen molar-refractivity contribution in [2.75, 3.05) is 11.4 Å². The van der Waals surface area contributed by atoms with Crippen LogP contribution in [0.5, 0.6) is 0 Å². The Labute approximate surface area is 95.9 Å². The lowest BCUT2D eigenvalue weighted by Crippen LogP contribution is -2.38. The van der Waals surface area contributed by atoms with E-state index in [0.717, 1.165) is 12.2 Å². The van der Waals surface area contributed by atoms with E-state index in [4.69, 9.17) is 5.26 Å². The molecular weight excluding hydrogens is 200 g/mol. The van der Waals surface area contributed by atoms with E-state index in [0.29, 0.717) is 17.7 Å². The second-order valence-electron chi connectivity index (χ2n) is 4.34. The predicted molar refractivity (Wildman–Crippen MR) is 62.1 cm³/mol. The van der Waals surface area contributed by atoms with Crippen molar-refractivity contribution in [3.8, 4) is 6.07 Å². The van der Waals surface area contributed by atoms with E-state index in [-0.39, 0.29) is 0 Å². The molecule has 1 aromatic rings. The molecule has 0 amide bonds. The lowest BCUT2D eigenvalue weighted by atomic mass is 10.0. The van der Waals surface area contributed by atoms with Gasteiger partial charge >= 0.3 is 0 Å². The second kappa shape index (κ2) is 4.48. The highest BCUT2D eigenvalue weighted by Crippen LogP contribution is 2.21. The molecule has 16 heavy (non-hydrogen) atoms. The molecule has 2 rings (SSSR count). The van der Waals surface area contributed by atoms with Crippen LogP contribution in [0.15, 0.2) is 6.07 Å². The fourth-order valence-corrected chi connectivity index (χ4v) is 2.13. The minimum absolute atomic E-state index is 0.459. The Morgan fingerprint density at radius 1 is 1.44 bits per heavy atom. The lowest BCUT2D eigenvalue weighted by Gasteiger charge is -2.33. The van der Waals surface area contributed by atoms with Crippen LogP contribution in [-0.2, 0) is 0 Å². The van der Waals surface area contributed by atoms with E-state index in [1.807, 2.05) is 6.92 Å². The number of nitriles is 1. The Bertz CT molecular complexity index is 422. The Hall–Kier alpha value is -1.63. The predicted octanol–water partition coefficient (Wildman–Crippen LogP) is 2.04. The molecule has 1 fully saturated rings. The van der Waals surface area contributed by atoms with Gasteiger partial charge in [-0.2, -0.15) is 5.26 Å². The van der Waals surface area contributed by atoms with E-state index in [1.54, 1.807) is 6.07 Å². The average molecular weight is 216 g/mol. The lowest BCUT2D eigenvalue weighted by molar-refractivity contribution is 0.476. The molecule has 4 heteroatoms. The number of hydrogen-bond acceptors (Lipinski definition) is 4. The zero-order valence-electron chi connectivity index (χ0n) is 9.77. The van der Waals surface area contributed by atoms with Gasteiger partial charge in [-0.25, -0.2) is 9.97 Å². The van der Waals surface area contributed by atoms with Crippen LogP contribution in [0.1, 0.15) is 37.6 Å². The van der Waals surface area contributed by atoms with Gasteiger partial charge < -0.3 is 4.90 Å². The van der Waals surface area contributed by atoms with Gasteiger partial charge in [0.2, 0.25) is 5.95 Å². The van der Waals surface area contributed by atoms with Crippen LogP contribution in [0.25, 0.3) is 0 Å². The molecule has 4 nitrogen and oxygen atoms in total. The first-order valence-electron chi connectivity index (χ1n) is 5.73. The van der Waals surface area contributed by atoms with Crippen LogP contribution in [0.3, 0.4) is 0 Å². The van der Waals surface area contributed by atoms with Crippen LogP contribution in [0.4, 0.5) is 5.95 Å². The first kappa shape index (κ1) is 10.9. The average Bonchev–Trinajstić information content (AvgIpc) is 2.28. The highest BCUT2D eigenvalue weighted by molar-refractivity contribution is 5.37. The second-order valence-corrected chi connectivity index (χ2v) is 4.34. The van der Waals surface area contributed by atoms with E-state index >= 15 is 0 Å². The van der Waals surface area contributed by atoms with Gasteiger partial charge in [0, 0.05) is 18.3 Å². The molecule has 0 bridgehead atoms. The molecule has 1 aliphatic heterocycles. The summed E-state index contributed by atoms with van der Waals surface area (Å²) < 4.78 is 0. The zero-order chi connectivity index (χ0) is 11.5. The summed E-state index contributed by atoms with van der Waals surface area (Å²) >= 11 is 0. The molecule has 84 valence electrons. The van der Waals surface area contributed by atoms with Gasteiger partial charge in [0.25, 0.3) is 0 Å². The normalized spacial score (nSPS) is 20.6. The van der Waals surface area contributed by atoms with Gasteiger partial charge in [0.05, 0.1) is 0 Å². The number of nitrogens with zero attached hydrogens (tertiary/aromatic N) is 4. The summed E-state index contributed by atoms with van der Waals surface area (Å²) in [4.78, 5) is 10.9. The van der Waals surface area contributed by atoms with Crippen LogP contribution < -0.4 is 4.90 Å². The van der Waals surface area contributed by atoms with Crippen LogP contribution >= 0.6 is 0 Å². The fourth-order valence-electron chi connectivity index (χ4n) is 2.13. The third kappa shape index (κ3) is 2.13. The summed E-state index contributed by atoms with van der Waals surface area (Å²) in [6.07, 6.45) is 3.64. The minimum Gasteiger partial charge on any atom is -0.338 e. The Balaban J connectivity index is 2.32. The van der Waals surface area contributed by atoms with Gasteiger partial charge in [-0.05, 0) is 39.2 Å². The zero-order valence-corrected chi connectivity index (χ0v) is 9.77. The molecule has 0 spiro atoms. The smallest absolute Gasteiger partial charge is 0.227 e. The molecule has 0 aliphatic carbocycles. The van der Waals surface area contributed by atoms with Gasteiger partial charge in [0.15, 0.2) is 0 Å². The first-order chi connectivity index (χ1) is 7.70. The van der Waals surface area contributed by atoms with Crippen molar-refractivity contribution in [3.05, 3.63) is 17.5 Å². The Kier molecular flexibility index (Phi) is 3.04. The summed E-state index contributed by atoms with van der Waals surface area (Å²) in [5.74, 6) is 0.712. The minimum atomic E-state index is 0.459. The first-order valence-corrected chi connectivity index (χ1v) is 5.73. The fraction of sp³-hybridized carbons (Fsp3) is 0.583.